The van der Waals surface area contributed by atoms with Crippen LogP contribution in [0.5, 0.6) is 0 Å². The number of thiazole rings is 1. The summed E-state index contributed by atoms with van der Waals surface area (Å²) < 4.78 is 5.36. The maximum Gasteiger partial charge on any atom is 0.236 e. The van der Waals surface area contributed by atoms with Crippen molar-refractivity contribution in [3.05, 3.63) is 16.6 Å². The first-order chi connectivity index (χ1) is 12.2. The average Bonchev–Trinajstić information content (AvgIpc) is 3.08. The Balaban J connectivity index is 1.24. The van der Waals surface area contributed by atoms with Crippen molar-refractivity contribution in [2.24, 2.45) is 5.41 Å². The van der Waals surface area contributed by atoms with Crippen LogP contribution in [0.4, 0.5) is 0 Å². The molecule has 3 fully saturated rings. The molecule has 0 unspecified atom stereocenters. The number of piperidine rings is 1. The van der Waals surface area contributed by atoms with Gasteiger partial charge in [0.25, 0.3) is 0 Å². The highest BCUT2D eigenvalue weighted by Crippen LogP contribution is 2.56. The van der Waals surface area contributed by atoms with E-state index in [2.05, 4.69) is 26.7 Å². The van der Waals surface area contributed by atoms with Gasteiger partial charge in [-0.25, -0.2) is 4.98 Å². The summed E-state index contributed by atoms with van der Waals surface area (Å²) in [5, 5.41) is 3.24. The Morgan fingerprint density at radius 2 is 2.12 bits per heavy atom. The highest BCUT2D eigenvalue weighted by atomic mass is 32.1. The molecule has 1 amide bonds. The smallest absolute Gasteiger partial charge is 0.236 e. The van der Waals surface area contributed by atoms with E-state index >= 15 is 0 Å². The van der Waals surface area contributed by atoms with Crippen molar-refractivity contribution in [3.63, 3.8) is 0 Å². The fourth-order valence-electron chi connectivity index (χ4n) is 4.39. The molecule has 1 saturated carbocycles. The molecular weight excluding hydrogens is 336 g/mol. The summed E-state index contributed by atoms with van der Waals surface area (Å²) in [6.45, 7) is 6.62. The van der Waals surface area contributed by atoms with Crippen molar-refractivity contribution in [2.45, 2.75) is 31.8 Å². The monoisotopic (exact) mass is 364 g/mol. The van der Waals surface area contributed by atoms with Gasteiger partial charge in [0, 0.05) is 43.8 Å². The molecule has 3 heterocycles. The summed E-state index contributed by atoms with van der Waals surface area (Å²) in [5.74, 6) is 0.296. The van der Waals surface area contributed by atoms with E-state index in [4.69, 9.17) is 4.74 Å². The SMILES string of the molecule is CN(Cc1nccs1)[C@H]1CC12CCN(C(=O)CN1CCOCC1)CC2. The van der Waals surface area contributed by atoms with Gasteiger partial charge in [0.1, 0.15) is 5.01 Å². The maximum atomic E-state index is 12.6. The molecule has 6 nitrogen and oxygen atoms in total. The summed E-state index contributed by atoms with van der Waals surface area (Å²) in [6.07, 6.45) is 5.46. The highest BCUT2D eigenvalue weighted by Gasteiger charge is 2.56. The quantitative estimate of drug-likeness (QED) is 0.788. The van der Waals surface area contributed by atoms with Gasteiger partial charge in [-0.15, -0.1) is 11.3 Å². The number of aromatic nitrogens is 1. The zero-order valence-electron chi connectivity index (χ0n) is 15.0. The lowest BCUT2D eigenvalue weighted by molar-refractivity contribution is -0.135. The number of amides is 1. The lowest BCUT2D eigenvalue weighted by Crippen LogP contribution is -2.47. The van der Waals surface area contributed by atoms with Crippen molar-refractivity contribution < 1.29 is 9.53 Å². The van der Waals surface area contributed by atoms with Gasteiger partial charge in [0.2, 0.25) is 5.91 Å². The second-order valence-corrected chi connectivity index (χ2v) is 8.67. The van der Waals surface area contributed by atoms with Crippen LogP contribution in [0, 0.1) is 5.41 Å². The molecule has 1 spiro atoms. The van der Waals surface area contributed by atoms with Gasteiger partial charge in [-0.1, -0.05) is 0 Å². The standard InChI is InChI=1S/C18H28N4O2S/c1-20(13-16-19-4-11-25-16)15-12-18(15)2-5-22(6-3-18)17(23)14-21-7-9-24-10-8-21/h4,11,15H,2-3,5-10,12-14H2,1H3/t15-/m0/s1. The van der Waals surface area contributed by atoms with Gasteiger partial charge in [-0.05, 0) is 31.7 Å². The predicted octanol–water partition coefficient (Wildman–Crippen LogP) is 1.29. The zero-order chi connectivity index (χ0) is 17.3. The Hall–Kier alpha value is -1.02. The average molecular weight is 365 g/mol. The molecule has 0 radical (unpaired) electrons. The van der Waals surface area contributed by atoms with E-state index in [1.807, 2.05) is 11.6 Å². The maximum absolute atomic E-state index is 12.6. The van der Waals surface area contributed by atoms with Crippen LogP contribution >= 0.6 is 11.3 Å². The molecule has 0 aromatic carbocycles. The fourth-order valence-corrected chi connectivity index (χ4v) is 5.07. The summed E-state index contributed by atoms with van der Waals surface area (Å²) in [7, 11) is 2.22. The Morgan fingerprint density at radius 1 is 1.36 bits per heavy atom. The fraction of sp³-hybridized carbons (Fsp3) is 0.778. The second-order valence-electron chi connectivity index (χ2n) is 7.69. The van der Waals surface area contributed by atoms with E-state index in [1.54, 1.807) is 11.3 Å². The van der Waals surface area contributed by atoms with Crippen molar-refractivity contribution in [1.82, 2.24) is 19.7 Å². The number of nitrogens with zero attached hydrogens (tertiary/aromatic N) is 4. The van der Waals surface area contributed by atoms with E-state index in [1.165, 1.54) is 11.4 Å². The summed E-state index contributed by atoms with van der Waals surface area (Å²) in [5.41, 5.74) is 0.446. The topological polar surface area (TPSA) is 48.9 Å². The van der Waals surface area contributed by atoms with Gasteiger partial charge in [0.15, 0.2) is 0 Å². The van der Waals surface area contributed by atoms with Crippen LogP contribution in [0.2, 0.25) is 0 Å². The molecule has 1 aromatic heterocycles. The first kappa shape index (κ1) is 17.4. The van der Waals surface area contributed by atoms with Gasteiger partial charge in [-0.2, -0.15) is 0 Å². The molecular formula is C18H28N4O2S. The summed E-state index contributed by atoms with van der Waals surface area (Å²) in [4.78, 5) is 23.7. The summed E-state index contributed by atoms with van der Waals surface area (Å²) in [6, 6.07) is 0.660. The number of morpholine rings is 1. The third-order valence-corrected chi connectivity index (χ3v) is 6.89. The Morgan fingerprint density at radius 3 is 2.80 bits per heavy atom. The summed E-state index contributed by atoms with van der Waals surface area (Å²) >= 11 is 1.73. The first-order valence-electron chi connectivity index (χ1n) is 9.33. The third-order valence-electron chi connectivity index (χ3n) is 6.12. The van der Waals surface area contributed by atoms with Gasteiger partial charge < -0.3 is 9.64 Å². The number of hydrogen-bond donors (Lipinski definition) is 0. The van der Waals surface area contributed by atoms with Crippen LogP contribution in [0.3, 0.4) is 0 Å². The minimum absolute atomic E-state index is 0.296. The van der Waals surface area contributed by atoms with Gasteiger partial charge >= 0.3 is 0 Å². The van der Waals surface area contributed by atoms with E-state index in [9.17, 15) is 4.79 Å². The Bertz CT molecular complexity index is 580. The molecule has 0 N–H and O–H groups in total. The molecule has 138 valence electrons. The number of hydrogen-bond acceptors (Lipinski definition) is 6. The molecule has 4 rings (SSSR count). The van der Waals surface area contributed by atoms with Crippen LogP contribution in [0.1, 0.15) is 24.3 Å². The van der Waals surface area contributed by atoms with E-state index < -0.39 is 0 Å². The van der Waals surface area contributed by atoms with E-state index in [-0.39, 0.29) is 0 Å². The number of ether oxygens (including phenoxy) is 1. The minimum atomic E-state index is 0.296. The highest BCUT2D eigenvalue weighted by molar-refractivity contribution is 7.09. The Labute approximate surface area is 153 Å². The lowest BCUT2D eigenvalue weighted by Gasteiger charge is -2.36. The van der Waals surface area contributed by atoms with Crippen LogP contribution < -0.4 is 0 Å². The van der Waals surface area contributed by atoms with Gasteiger partial charge in [-0.3, -0.25) is 14.6 Å². The molecule has 7 heteroatoms. The molecule has 2 saturated heterocycles. The molecule has 1 aromatic rings. The zero-order valence-corrected chi connectivity index (χ0v) is 15.8. The van der Waals surface area contributed by atoms with Crippen molar-refractivity contribution >= 4 is 17.2 Å². The molecule has 1 atom stereocenters. The van der Waals surface area contributed by atoms with Crippen molar-refractivity contribution in [3.8, 4) is 0 Å². The van der Waals surface area contributed by atoms with Crippen LogP contribution in [-0.4, -0.2) is 84.6 Å². The van der Waals surface area contributed by atoms with Gasteiger partial charge in [0.05, 0.1) is 26.3 Å². The van der Waals surface area contributed by atoms with E-state index in [0.29, 0.717) is 23.9 Å². The second kappa shape index (κ2) is 7.31. The number of carbonyl (C=O) groups is 1. The lowest BCUT2D eigenvalue weighted by atomic mass is 9.92. The normalized spacial score (nSPS) is 26.3. The number of likely N-dealkylation sites (tertiary alicyclic amines) is 1. The Kier molecular flexibility index (Phi) is 5.08. The van der Waals surface area contributed by atoms with Crippen molar-refractivity contribution in [1.29, 1.82) is 0 Å². The van der Waals surface area contributed by atoms with Crippen molar-refractivity contribution in [2.75, 3.05) is 53.0 Å². The molecule has 1 aliphatic carbocycles. The minimum Gasteiger partial charge on any atom is -0.379 e. The predicted molar refractivity (Wildman–Crippen MR) is 97.5 cm³/mol. The number of rotatable bonds is 5. The van der Waals surface area contributed by atoms with E-state index in [0.717, 1.165) is 58.8 Å². The third kappa shape index (κ3) is 3.89. The molecule has 25 heavy (non-hydrogen) atoms. The first-order valence-corrected chi connectivity index (χ1v) is 10.2. The molecule has 0 bridgehead atoms. The molecule has 2 aliphatic heterocycles. The molecule has 3 aliphatic rings. The largest absolute Gasteiger partial charge is 0.379 e. The van der Waals surface area contributed by atoms with Crippen LogP contribution in [-0.2, 0) is 16.1 Å². The van der Waals surface area contributed by atoms with Crippen LogP contribution in [0.25, 0.3) is 0 Å². The van der Waals surface area contributed by atoms with Crippen LogP contribution in [0.15, 0.2) is 11.6 Å². The number of carbonyl (C=O) groups excluding carboxylic acids is 1.